The Labute approximate surface area is 263 Å². The summed E-state index contributed by atoms with van der Waals surface area (Å²) in [5, 5.41) is 2.19. The Hall–Kier alpha value is -3.93. The standard InChI is InChI=1S/C35H40N4O6/c1-39-33-11-12-36-24-31(33)30-8-9-32(38-35(30)39)27-7-10-34(37-23-27)45-29-21-28(22-29)44-20-19-42-16-15-40-13-14-41-17-18-43-25-26-5-3-2-4-6-26/h2-12,23-24,28-29H,13-22,25H2,1H3/t28-,29-. The SMILES string of the molecule is Cn1c2ccncc2c2ccc(-c3ccc(O[C@H]4C[C@H](OCCOCCOCCOCCOCc5ccccc5)C4)nc3)nc21. The summed E-state index contributed by atoms with van der Waals surface area (Å²) < 4.78 is 36.3. The van der Waals surface area contributed by atoms with E-state index in [-0.39, 0.29) is 12.2 Å². The summed E-state index contributed by atoms with van der Waals surface area (Å²) in [6.07, 6.45) is 7.50. The summed E-state index contributed by atoms with van der Waals surface area (Å²) in [4.78, 5) is 13.7. The molecule has 1 aliphatic rings. The van der Waals surface area contributed by atoms with Crippen LogP contribution in [-0.2, 0) is 37.3 Å². The minimum absolute atomic E-state index is 0.110. The minimum Gasteiger partial charge on any atom is -0.474 e. The van der Waals surface area contributed by atoms with E-state index in [2.05, 4.69) is 20.6 Å². The largest absolute Gasteiger partial charge is 0.474 e. The number of hydrogen-bond acceptors (Lipinski definition) is 9. The lowest BCUT2D eigenvalue weighted by atomic mass is 9.92. The predicted molar refractivity (Wildman–Crippen MR) is 171 cm³/mol. The number of pyridine rings is 3. The van der Waals surface area contributed by atoms with Crippen LogP contribution in [0.1, 0.15) is 18.4 Å². The van der Waals surface area contributed by atoms with Gasteiger partial charge in [-0.2, -0.15) is 0 Å². The molecule has 6 rings (SSSR count). The maximum Gasteiger partial charge on any atom is 0.213 e. The highest BCUT2D eigenvalue weighted by Crippen LogP contribution is 2.30. The molecule has 0 radical (unpaired) electrons. The van der Waals surface area contributed by atoms with Gasteiger partial charge in [0.15, 0.2) is 0 Å². The number of hydrogen-bond donors (Lipinski definition) is 0. The highest BCUT2D eigenvalue weighted by atomic mass is 16.6. The van der Waals surface area contributed by atoms with Gasteiger partial charge in [0.2, 0.25) is 5.88 Å². The van der Waals surface area contributed by atoms with Crippen molar-refractivity contribution >= 4 is 21.9 Å². The molecule has 236 valence electrons. The van der Waals surface area contributed by atoms with Crippen LogP contribution in [0.15, 0.2) is 79.3 Å². The van der Waals surface area contributed by atoms with Gasteiger partial charge >= 0.3 is 0 Å². The number of benzene rings is 1. The fraction of sp³-hybridized carbons (Fsp3) is 0.400. The molecule has 0 spiro atoms. The Morgan fingerprint density at radius 2 is 1.44 bits per heavy atom. The molecule has 4 aromatic heterocycles. The molecule has 0 bridgehead atoms. The van der Waals surface area contributed by atoms with Crippen molar-refractivity contribution < 1.29 is 28.4 Å². The molecule has 10 nitrogen and oxygen atoms in total. The van der Waals surface area contributed by atoms with Crippen LogP contribution in [0, 0.1) is 0 Å². The van der Waals surface area contributed by atoms with Gasteiger partial charge in [0.25, 0.3) is 0 Å². The Morgan fingerprint density at radius 3 is 2.18 bits per heavy atom. The van der Waals surface area contributed by atoms with Gasteiger partial charge in [0.05, 0.1) is 76.8 Å². The zero-order chi connectivity index (χ0) is 30.7. The van der Waals surface area contributed by atoms with Gasteiger partial charge in [-0.25, -0.2) is 9.97 Å². The summed E-state index contributed by atoms with van der Waals surface area (Å²) in [5.74, 6) is 0.615. The van der Waals surface area contributed by atoms with Gasteiger partial charge in [0.1, 0.15) is 11.8 Å². The molecule has 4 heterocycles. The van der Waals surface area contributed by atoms with Gasteiger partial charge < -0.3 is 33.0 Å². The highest BCUT2D eigenvalue weighted by Gasteiger charge is 2.31. The second-order valence-corrected chi connectivity index (χ2v) is 11.0. The lowest BCUT2D eigenvalue weighted by Crippen LogP contribution is -2.40. The second kappa shape index (κ2) is 15.9. The predicted octanol–water partition coefficient (Wildman–Crippen LogP) is 5.38. The third-order valence-electron chi connectivity index (χ3n) is 7.82. The molecule has 5 aromatic rings. The normalized spacial score (nSPS) is 16.3. The van der Waals surface area contributed by atoms with Gasteiger partial charge in [-0.05, 0) is 29.8 Å². The van der Waals surface area contributed by atoms with Gasteiger partial charge in [-0.15, -0.1) is 0 Å². The van der Waals surface area contributed by atoms with E-state index in [9.17, 15) is 0 Å². The molecular weight excluding hydrogens is 572 g/mol. The Bertz CT molecular complexity index is 1620. The van der Waals surface area contributed by atoms with E-state index in [0.717, 1.165) is 51.6 Å². The molecule has 10 heteroatoms. The van der Waals surface area contributed by atoms with E-state index in [1.54, 1.807) is 6.20 Å². The van der Waals surface area contributed by atoms with Gasteiger partial charge in [-0.1, -0.05) is 30.3 Å². The maximum atomic E-state index is 6.05. The highest BCUT2D eigenvalue weighted by molar-refractivity contribution is 6.06. The summed E-state index contributed by atoms with van der Waals surface area (Å²) in [7, 11) is 2.03. The van der Waals surface area contributed by atoms with Crippen LogP contribution in [0.3, 0.4) is 0 Å². The van der Waals surface area contributed by atoms with E-state index < -0.39 is 0 Å². The lowest BCUT2D eigenvalue weighted by molar-refractivity contribution is -0.0798. The van der Waals surface area contributed by atoms with E-state index in [1.807, 2.05) is 74.0 Å². The van der Waals surface area contributed by atoms with Crippen molar-refractivity contribution in [1.29, 1.82) is 0 Å². The van der Waals surface area contributed by atoms with Crippen molar-refractivity contribution in [1.82, 2.24) is 19.5 Å². The molecule has 0 aliphatic heterocycles. The molecule has 1 saturated carbocycles. The molecule has 0 atom stereocenters. The number of rotatable bonds is 18. The molecule has 0 N–H and O–H groups in total. The quantitative estimate of drug-likeness (QED) is 0.121. The third-order valence-corrected chi connectivity index (χ3v) is 7.82. The minimum atomic E-state index is 0.110. The number of aryl methyl sites for hydroxylation is 1. The first-order valence-electron chi connectivity index (χ1n) is 15.5. The van der Waals surface area contributed by atoms with Crippen molar-refractivity contribution in [2.45, 2.75) is 31.7 Å². The Morgan fingerprint density at radius 1 is 0.711 bits per heavy atom. The van der Waals surface area contributed by atoms with Crippen LogP contribution in [0.2, 0.25) is 0 Å². The topological polar surface area (TPSA) is 99.0 Å². The number of fused-ring (bicyclic) bond motifs is 3. The molecular formula is C35H40N4O6. The van der Waals surface area contributed by atoms with Crippen LogP contribution < -0.4 is 4.74 Å². The monoisotopic (exact) mass is 612 g/mol. The molecule has 1 aromatic carbocycles. The van der Waals surface area contributed by atoms with Crippen LogP contribution in [0.25, 0.3) is 33.2 Å². The molecule has 0 amide bonds. The smallest absolute Gasteiger partial charge is 0.213 e. The van der Waals surface area contributed by atoms with Crippen molar-refractivity contribution in [3.63, 3.8) is 0 Å². The Kier molecular flexibility index (Phi) is 11.0. The zero-order valence-corrected chi connectivity index (χ0v) is 25.7. The fourth-order valence-corrected chi connectivity index (χ4v) is 5.30. The first-order chi connectivity index (χ1) is 22.2. The van der Waals surface area contributed by atoms with Crippen LogP contribution in [0.4, 0.5) is 0 Å². The van der Waals surface area contributed by atoms with Gasteiger partial charge in [-0.3, -0.25) is 4.98 Å². The van der Waals surface area contributed by atoms with E-state index in [0.29, 0.717) is 65.3 Å². The average molecular weight is 613 g/mol. The van der Waals surface area contributed by atoms with Crippen molar-refractivity contribution in [2.24, 2.45) is 7.05 Å². The first-order valence-corrected chi connectivity index (χ1v) is 15.5. The zero-order valence-electron chi connectivity index (χ0n) is 25.7. The summed E-state index contributed by atoms with van der Waals surface area (Å²) in [6.45, 7) is 4.97. The molecule has 45 heavy (non-hydrogen) atoms. The van der Waals surface area contributed by atoms with Crippen LogP contribution >= 0.6 is 0 Å². The second-order valence-electron chi connectivity index (χ2n) is 11.0. The third kappa shape index (κ3) is 8.42. The molecule has 1 aliphatic carbocycles. The first kappa shape index (κ1) is 31.1. The number of nitrogens with zero attached hydrogens (tertiary/aromatic N) is 4. The van der Waals surface area contributed by atoms with Crippen LogP contribution in [-0.4, -0.2) is 84.6 Å². The van der Waals surface area contributed by atoms with E-state index >= 15 is 0 Å². The summed E-state index contributed by atoms with van der Waals surface area (Å²) in [5.41, 5.74) is 5.02. The Balaban J connectivity index is 0.785. The van der Waals surface area contributed by atoms with E-state index in [1.165, 1.54) is 0 Å². The van der Waals surface area contributed by atoms with Gasteiger partial charge in [0, 0.05) is 60.9 Å². The van der Waals surface area contributed by atoms with Crippen molar-refractivity contribution in [3.05, 3.63) is 84.8 Å². The molecule has 0 saturated heterocycles. The average Bonchev–Trinajstić information content (AvgIpc) is 3.35. The summed E-state index contributed by atoms with van der Waals surface area (Å²) in [6, 6.07) is 20.2. The van der Waals surface area contributed by atoms with Crippen molar-refractivity contribution in [2.75, 3.05) is 52.9 Å². The van der Waals surface area contributed by atoms with E-state index in [4.69, 9.17) is 33.4 Å². The van der Waals surface area contributed by atoms with Crippen molar-refractivity contribution in [3.8, 4) is 17.1 Å². The molecule has 1 fully saturated rings. The maximum absolute atomic E-state index is 6.05. The lowest BCUT2D eigenvalue weighted by Gasteiger charge is -2.34. The number of aromatic nitrogens is 4. The fourth-order valence-electron chi connectivity index (χ4n) is 5.30. The molecule has 0 unspecified atom stereocenters. The van der Waals surface area contributed by atoms with Crippen LogP contribution in [0.5, 0.6) is 5.88 Å². The summed E-state index contributed by atoms with van der Waals surface area (Å²) >= 11 is 0. The number of ether oxygens (including phenoxy) is 6.